The van der Waals surface area contributed by atoms with Crippen molar-refractivity contribution < 1.29 is 29.2 Å². The number of piperazine rings is 1. The van der Waals surface area contributed by atoms with Gasteiger partial charge in [-0.2, -0.15) is 0 Å². The lowest BCUT2D eigenvalue weighted by atomic mass is 9.94. The van der Waals surface area contributed by atoms with Crippen molar-refractivity contribution in [3.05, 3.63) is 38.4 Å². The van der Waals surface area contributed by atoms with E-state index in [1.165, 1.54) is 51.5 Å². The Bertz CT molecular complexity index is 1140. The van der Waals surface area contributed by atoms with Gasteiger partial charge in [-0.3, -0.25) is 10.3 Å². The predicted octanol–water partition coefficient (Wildman–Crippen LogP) is 2.40. The smallest absolute Gasteiger partial charge is 0.414 e. The number of imidazole rings is 1. The van der Waals surface area contributed by atoms with Gasteiger partial charge in [-0.05, 0) is 54.7 Å². The zero-order valence-corrected chi connectivity index (χ0v) is 33.2. The SMILES string of the molecule is CCC(C)(C)C.CCN(CCCOC(CO)CN/C=C(\N)[N+](=O)[O-])CCNC.O=[N+]([O-])c1cn2c(n1)OCC(OCCCCCCN1CCNCC1)C2. The molecule has 1 fully saturated rings. The Morgan fingerprint density at radius 2 is 1.87 bits per heavy atom. The first kappa shape index (κ1) is 47.9. The number of hydrogen-bond donors (Lipinski definition) is 5. The fourth-order valence-corrected chi connectivity index (χ4v) is 5.00. The van der Waals surface area contributed by atoms with Gasteiger partial charge in [0, 0.05) is 70.6 Å². The number of ether oxygens (including phenoxy) is 3. The minimum absolute atomic E-state index is 0.0674. The second kappa shape index (κ2) is 28.3. The van der Waals surface area contributed by atoms with Crippen LogP contribution >= 0.6 is 0 Å². The van der Waals surface area contributed by atoms with Gasteiger partial charge in [0.1, 0.15) is 18.9 Å². The van der Waals surface area contributed by atoms with Gasteiger partial charge < -0.3 is 65.3 Å². The first-order chi connectivity index (χ1) is 25.3. The van der Waals surface area contributed by atoms with Crippen molar-refractivity contribution in [1.82, 2.24) is 35.3 Å². The lowest BCUT2D eigenvalue weighted by molar-refractivity contribution is -0.427. The normalized spacial score (nSPS) is 16.8. The third-order valence-electron chi connectivity index (χ3n) is 8.81. The van der Waals surface area contributed by atoms with Gasteiger partial charge in [-0.1, -0.05) is 53.9 Å². The van der Waals surface area contributed by atoms with Crippen LogP contribution in [0, 0.1) is 25.6 Å². The molecule has 0 amide bonds. The molecule has 0 radical (unpaired) electrons. The number of nitro groups is 2. The lowest BCUT2D eigenvalue weighted by Gasteiger charge is -2.27. The molecule has 18 nitrogen and oxygen atoms in total. The van der Waals surface area contributed by atoms with E-state index in [2.05, 4.69) is 65.4 Å². The second-order valence-electron chi connectivity index (χ2n) is 14.3. The summed E-state index contributed by atoms with van der Waals surface area (Å²) >= 11 is 0. The van der Waals surface area contributed by atoms with Crippen molar-refractivity contribution in [2.75, 3.05) is 98.9 Å². The zero-order valence-electron chi connectivity index (χ0n) is 33.2. The molecule has 53 heavy (non-hydrogen) atoms. The fraction of sp³-hybridized carbons (Fsp3) is 0.857. The molecule has 1 aromatic heterocycles. The number of likely N-dealkylation sites (N-methyl/N-ethyl adjacent to an activating group) is 2. The summed E-state index contributed by atoms with van der Waals surface area (Å²) in [5.41, 5.74) is 5.68. The summed E-state index contributed by atoms with van der Waals surface area (Å²) in [6.07, 6.45) is 8.83. The van der Waals surface area contributed by atoms with Crippen molar-refractivity contribution in [1.29, 1.82) is 0 Å². The predicted molar refractivity (Wildman–Crippen MR) is 206 cm³/mol. The maximum absolute atomic E-state index is 10.7. The molecule has 2 unspecified atom stereocenters. The Balaban J connectivity index is 0.000000463. The summed E-state index contributed by atoms with van der Waals surface area (Å²) in [6, 6.07) is 0.305. The Labute approximate surface area is 316 Å². The minimum Gasteiger partial charge on any atom is -0.443 e. The highest BCUT2D eigenvalue weighted by atomic mass is 16.6. The van der Waals surface area contributed by atoms with E-state index in [1.54, 1.807) is 4.57 Å². The topological polar surface area (TPSA) is 221 Å². The van der Waals surface area contributed by atoms with Gasteiger partial charge in [0.25, 0.3) is 0 Å². The summed E-state index contributed by atoms with van der Waals surface area (Å²) in [5, 5.41) is 39.4. The van der Waals surface area contributed by atoms with Crippen molar-refractivity contribution in [3.8, 4) is 6.01 Å². The molecule has 0 saturated carbocycles. The van der Waals surface area contributed by atoms with Gasteiger partial charge >= 0.3 is 17.6 Å². The number of fused-ring (bicyclic) bond motifs is 1. The molecule has 2 atom stereocenters. The molecule has 1 aromatic rings. The van der Waals surface area contributed by atoms with E-state index in [0.29, 0.717) is 37.8 Å². The fourth-order valence-electron chi connectivity index (χ4n) is 5.00. The van der Waals surface area contributed by atoms with Crippen LogP contribution in [0.5, 0.6) is 6.01 Å². The number of aliphatic hydroxyl groups excluding tert-OH is 1. The van der Waals surface area contributed by atoms with Gasteiger partial charge in [0.2, 0.25) is 0 Å². The third-order valence-corrected chi connectivity index (χ3v) is 8.81. The molecule has 3 heterocycles. The number of rotatable bonds is 23. The largest absolute Gasteiger partial charge is 0.443 e. The summed E-state index contributed by atoms with van der Waals surface area (Å²) in [4.78, 5) is 28.5. The van der Waals surface area contributed by atoms with Gasteiger partial charge in [0.05, 0.1) is 25.5 Å². The lowest BCUT2D eigenvalue weighted by Crippen LogP contribution is -2.43. The maximum Gasteiger partial charge on any atom is 0.414 e. The molecule has 0 aromatic carbocycles. The van der Waals surface area contributed by atoms with Crippen LogP contribution in [0.15, 0.2) is 18.2 Å². The van der Waals surface area contributed by atoms with Crippen LogP contribution in [0.25, 0.3) is 0 Å². The highest BCUT2D eigenvalue weighted by Gasteiger charge is 2.28. The molecule has 3 rings (SSSR count). The van der Waals surface area contributed by atoms with E-state index in [1.807, 2.05) is 7.05 Å². The van der Waals surface area contributed by atoms with Crippen molar-refractivity contribution in [3.63, 3.8) is 0 Å². The van der Waals surface area contributed by atoms with Crippen LogP contribution in [-0.2, 0) is 16.0 Å². The number of nitrogens with two attached hydrogens (primary N) is 1. The summed E-state index contributed by atoms with van der Waals surface area (Å²) in [6.45, 7) is 22.9. The molecule has 2 aliphatic rings. The van der Waals surface area contributed by atoms with Crippen molar-refractivity contribution in [2.24, 2.45) is 11.1 Å². The quantitative estimate of drug-likeness (QED) is 0.0615. The van der Waals surface area contributed by atoms with Crippen LogP contribution in [-0.4, -0.2) is 145 Å². The molecule has 18 heteroatoms. The molecule has 308 valence electrons. The van der Waals surface area contributed by atoms with Crippen molar-refractivity contribution in [2.45, 2.75) is 91.9 Å². The second-order valence-corrected chi connectivity index (χ2v) is 14.3. The highest BCUT2D eigenvalue weighted by molar-refractivity contribution is 5.21. The van der Waals surface area contributed by atoms with E-state index >= 15 is 0 Å². The Morgan fingerprint density at radius 1 is 1.17 bits per heavy atom. The van der Waals surface area contributed by atoms with E-state index in [9.17, 15) is 25.3 Å². The minimum atomic E-state index is -0.688. The van der Waals surface area contributed by atoms with Gasteiger partial charge in [-0.25, -0.2) is 0 Å². The number of aliphatic hydroxyl groups is 1. The molecular weight excluding hydrogens is 688 g/mol. The van der Waals surface area contributed by atoms with Crippen LogP contribution in [0.1, 0.15) is 73.1 Å². The zero-order chi connectivity index (χ0) is 39.5. The van der Waals surface area contributed by atoms with Crippen molar-refractivity contribution >= 4 is 5.82 Å². The van der Waals surface area contributed by atoms with E-state index in [4.69, 9.17) is 19.9 Å². The molecule has 0 bridgehead atoms. The van der Waals surface area contributed by atoms with E-state index in [0.717, 1.165) is 58.3 Å². The average molecular weight is 759 g/mol. The Morgan fingerprint density at radius 3 is 2.47 bits per heavy atom. The number of aromatic nitrogens is 2. The summed E-state index contributed by atoms with van der Waals surface area (Å²) in [5.74, 6) is -0.653. The van der Waals surface area contributed by atoms with Gasteiger partial charge in [-0.15, -0.1) is 0 Å². The number of nitrogens with one attached hydrogen (secondary N) is 3. The standard InChI is InChI=1S/C16H27N5O4.C13H29N5O4.C6H14/c22-21(23)15-12-20-11-14(13-25-16(20)18-15)24-10-4-2-1-3-7-19-8-5-17-6-9-19;1-3-17(7-5-15-2)6-4-8-22-12(11-19)9-16-10-13(14)18(20)21;1-5-6(2,3)4/h12,14,17H,1-11,13H2;10,12,15-16,19H,3-9,11,14H2,1-2H3;5H2,1-4H3/b;13-10+;. The first-order valence-corrected chi connectivity index (χ1v) is 19.1. The van der Waals surface area contributed by atoms with Crippen LogP contribution in [0.3, 0.4) is 0 Å². The van der Waals surface area contributed by atoms with Crippen LogP contribution in [0.2, 0.25) is 0 Å². The monoisotopic (exact) mass is 759 g/mol. The molecule has 0 spiro atoms. The highest BCUT2D eigenvalue weighted by Crippen LogP contribution is 2.22. The maximum atomic E-state index is 10.7. The number of hydrogen-bond acceptors (Lipinski definition) is 15. The number of nitrogens with zero attached hydrogens (tertiary/aromatic N) is 6. The van der Waals surface area contributed by atoms with E-state index in [-0.39, 0.29) is 25.1 Å². The molecule has 6 N–H and O–H groups in total. The first-order valence-electron chi connectivity index (χ1n) is 19.1. The van der Waals surface area contributed by atoms with Gasteiger partial charge in [0.15, 0.2) is 0 Å². The van der Waals surface area contributed by atoms with E-state index < -0.39 is 21.8 Å². The number of unbranched alkanes of at least 4 members (excludes halogenated alkanes) is 3. The molecule has 1 saturated heterocycles. The Kier molecular flexibility index (Phi) is 25.6. The third kappa shape index (κ3) is 23.3. The molecular formula is C35H70N10O8. The molecule has 2 aliphatic heterocycles. The Hall–Kier alpha value is -3.13. The van der Waals surface area contributed by atoms with Crippen LogP contribution < -0.4 is 26.4 Å². The summed E-state index contributed by atoms with van der Waals surface area (Å²) < 4.78 is 18.5. The average Bonchev–Trinajstić information content (AvgIpc) is 3.58. The summed E-state index contributed by atoms with van der Waals surface area (Å²) in [7, 11) is 1.93. The molecule has 0 aliphatic carbocycles. The van der Waals surface area contributed by atoms with Crippen LogP contribution in [0.4, 0.5) is 5.82 Å².